The Morgan fingerprint density at radius 3 is 2.66 bits per heavy atom. The molecular formula is C23H22FN5O3. The van der Waals surface area contributed by atoms with Crippen molar-refractivity contribution in [1.29, 1.82) is 0 Å². The maximum atomic E-state index is 14.3. The molecule has 0 radical (unpaired) electrons. The number of aromatic amines is 1. The van der Waals surface area contributed by atoms with Gasteiger partial charge in [-0.05, 0) is 31.2 Å². The number of H-pyrrole nitrogens is 1. The number of morpholine rings is 1. The predicted molar refractivity (Wildman–Crippen MR) is 119 cm³/mol. The Kier molecular flexibility index (Phi) is 5.10. The molecular weight excluding hydrogens is 413 g/mol. The number of nitrogens with zero attached hydrogens (tertiary/aromatic N) is 4. The lowest BCUT2D eigenvalue weighted by Gasteiger charge is -2.28. The molecule has 9 heteroatoms. The lowest BCUT2D eigenvalue weighted by molar-refractivity contribution is 0.122. The van der Waals surface area contributed by atoms with E-state index in [1.54, 1.807) is 25.1 Å². The summed E-state index contributed by atoms with van der Waals surface area (Å²) in [5.74, 6) is 0.341. The van der Waals surface area contributed by atoms with Crippen LogP contribution in [0.4, 0.5) is 10.2 Å². The normalized spacial score (nSPS) is 14.2. The number of benzene rings is 1. The first-order valence-electron chi connectivity index (χ1n) is 10.4. The second-order valence-electron chi connectivity index (χ2n) is 7.73. The van der Waals surface area contributed by atoms with E-state index >= 15 is 0 Å². The van der Waals surface area contributed by atoms with E-state index in [0.29, 0.717) is 35.5 Å². The van der Waals surface area contributed by atoms with Crippen LogP contribution in [0.15, 0.2) is 58.1 Å². The van der Waals surface area contributed by atoms with Gasteiger partial charge in [0.1, 0.15) is 11.6 Å². The van der Waals surface area contributed by atoms with E-state index in [1.807, 2.05) is 18.2 Å². The molecule has 0 amide bonds. The van der Waals surface area contributed by atoms with Crippen LogP contribution in [0.3, 0.4) is 0 Å². The summed E-state index contributed by atoms with van der Waals surface area (Å²) in [6.45, 7) is 4.78. The Labute approximate surface area is 182 Å². The van der Waals surface area contributed by atoms with E-state index in [0.717, 1.165) is 18.9 Å². The van der Waals surface area contributed by atoms with Crippen LogP contribution in [0.1, 0.15) is 11.4 Å². The second kappa shape index (κ2) is 8.08. The van der Waals surface area contributed by atoms with E-state index < -0.39 is 5.82 Å². The molecule has 1 N–H and O–H groups in total. The summed E-state index contributed by atoms with van der Waals surface area (Å²) in [6.07, 6.45) is 0. The molecule has 0 atom stereocenters. The third kappa shape index (κ3) is 3.50. The van der Waals surface area contributed by atoms with Crippen LogP contribution >= 0.6 is 0 Å². The number of halogens is 1. The highest BCUT2D eigenvalue weighted by Gasteiger charge is 2.18. The van der Waals surface area contributed by atoms with Crippen LogP contribution in [-0.2, 0) is 11.3 Å². The number of rotatable bonds is 4. The minimum absolute atomic E-state index is 0.177. The summed E-state index contributed by atoms with van der Waals surface area (Å²) in [4.78, 5) is 32.6. The van der Waals surface area contributed by atoms with Crippen LogP contribution < -0.4 is 16.0 Å². The lowest BCUT2D eigenvalue weighted by atomic mass is 10.2. The summed E-state index contributed by atoms with van der Waals surface area (Å²) in [7, 11) is 0. The molecule has 0 saturated carbocycles. The molecule has 8 nitrogen and oxygen atoms in total. The van der Waals surface area contributed by atoms with Gasteiger partial charge in [0.2, 0.25) is 0 Å². The third-order valence-electron chi connectivity index (χ3n) is 5.77. The van der Waals surface area contributed by atoms with Crippen molar-refractivity contribution >= 4 is 16.7 Å². The molecule has 5 rings (SSSR count). The fraction of sp³-hybridized carbons (Fsp3) is 0.261. The van der Waals surface area contributed by atoms with Crippen LogP contribution in [-0.4, -0.2) is 45.6 Å². The van der Waals surface area contributed by atoms with Crippen molar-refractivity contribution in [1.82, 2.24) is 19.3 Å². The monoisotopic (exact) mass is 435 g/mol. The fourth-order valence-electron chi connectivity index (χ4n) is 4.13. The standard InChI is InChI=1S/C23H22FN5O3/c1-15-22-19(29(26-23(22)31)18-7-3-2-6-17(18)24)13-21(30)28(15)14-16-5-4-8-20(25-16)27-9-11-32-12-10-27/h2-8,13H,9-12,14H2,1H3,(H,26,31). The van der Waals surface area contributed by atoms with Gasteiger partial charge in [-0.15, -0.1) is 0 Å². The Bertz CT molecular complexity index is 1420. The minimum atomic E-state index is -0.494. The Morgan fingerprint density at radius 2 is 1.88 bits per heavy atom. The van der Waals surface area contributed by atoms with Crippen LogP contribution in [0.2, 0.25) is 0 Å². The zero-order valence-electron chi connectivity index (χ0n) is 17.5. The summed E-state index contributed by atoms with van der Waals surface area (Å²) in [5, 5.41) is 3.00. The number of pyridine rings is 2. The van der Waals surface area contributed by atoms with Crippen molar-refractivity contribution in [2.45, 2.75) is 13.5 Å². The average Bonchev–Trinajstić information content (AvgIpc) is 3.13. The zero-order chi connectivity index (χ0) is 22.2. The molecule has 1 aromatic carbocycles. The van der Waals surface area contributed by atoms with Crippen molar-refractivity contribution in [3.63, 3.8) is 0 Å². The number of ether oxygens (including phenoxy) is 1. The maximum Gasteiger partial charge on any atom is 0.274 e. The molecule has 32 heavy (non-hydrogen) atoms. The van der Waals surface area contributed by atoms with Crippen LogP contribution in [0.5, 0.6) is 0 Å². The van der Waals surface area contributed by atoms with E-state index in [-0.39, 0.29) is 23.4 Å². The summed E-state index contributed by atoms with van der Waals surface area (Å²) in [5.41, 5.74) is 1.05. The Morgan fingerprint density at radius 1 is 1.09 bits per heavy atom. The molecule has 4 aromatic rings. The number of fused-ring (bicyclic) bond motifs is 1. The van der Waals surface area contributed by atoms with Crippen molar-refractivity contribution in [3.8, 4) is 5.69 Å². The molecule has 1 saturated heterocycles. The molecule has 1 aliphatic heterocycles. The first-order valence-corrected chi connectivity index (χ1v) is 10.4. The van der Waals surface area contributed by atoms with Gasteiger partial charge in [0.15, 0.2) is 0 Å². The number of para-hydroxylation sites is 1. The van der Waals surface area contributed by atoms with Gasteiger partial charge in [-0.3, -0.25) is 14.7 Å². The van der Waals surface area contributed by atoms with E-state index in [1.165, 1.54) is 21.4 Å². The molecule has 0 aliphatic carbocycles. The Balaban J connectivity index is 1.57. The van der Waals surface area contributed by atoms with Gasteiger partial charge in [-0.1, -0.05) is 18.2 Å². The molecule has 164 valence electrons. The highest BCUT2D eigenvalue weighted by molar-refractivity contribution is 5.82. The first kappa shape index (κ1) is 20.2. The van der Waals surface area contributed by atoms with Gasteiger partial charge in [-0.2, -0.15) is 0 Å². The molecule has 1 aliphatic rings. The highest BCUT2D eigenvalue weighted by atomic mass is 19.1. The van der Waals surface area contributed by atoms with Gasteiger partial charge < -0.3 is 14.2 Å². The van der Waals surface area contributed by atoms with E-state index in [9.17, 15) is 14.0 Å². The number of hydrogen-bond donors (Lipinski definition) is 1. The number of nitrogens with one attached hydrogen (secondary N) is 1. The van der Waals surface area contributed by atoms with Crippen molar-refractivity contribution < 1.29 is 9.13 Å². The third-order valence-corrected chi connectivity index (χ3v) is 5.77. The fourth-order valence-corrected chi connectivity index (χ4v) is 4.13. The molecule has 0 bridgehead atoms. The van der Waals surface area contributed by atoms with Gasteiger partial charge in [0, 0.05) is 24.8 Å². The van der Waals surface area contributed by atoms with Crippen molar-refractivity contribution in [2.75, 3.05) is 31.2 Å². The van der Waals surface area contributed by atoms with Crippen LogP contribution in [0, 0.1) is 12.7 Å². The first-order chi connectivity index (χ1) is 15.5. The summed E-state index contributed by atoms with van der Waals surface area (Å²) < 4.78 is 22.6. The molecule has 1 fully saturated rings. The molecule has 0 unspecified atom stereocenters. The lowest BCUT2D eigenvalue weighted by Crippen LogP contribution is -2.36. The molecule has 0 spiro atoms. The van der Waals surface area contributed by atoms with Crippen molar-refractivity contribution in [2.24, 2.45) is 0 Å². The van der Waals surface area contributed by atoms with Gasteiger partial charge in [0.05, 0.1) is 42.0 Å². The van der Waals surface area contributed by atoms with E-state index in [2.05, 4.69) is 10.00 Å². The number of aryl methyl sites for hydroxylation is 1. The molecule has 4 heterocycles. The zero-order valence-corrected chi connectivity index (χ0v) is 17.5. The number of hydrogen-bond acceptors (Lipinski definition) is 5. The van der Waals surface area contributed by atoms with Gasteiger partial charge in [0.25, 0.3) is 11.1 Å². The van der Waals surface area contributed by atoms with Gasteiger partial charge >= 0.3 is 0 Å². The summed E-state index contributed by atoms with van der Waals surface area (Å²) >= 11 is 0. The minimum Gasteiger partial charge on any atom is -0.378 e. The highest BCUT2D eigenvalue weighted by Crippen LogP contribution is 2.20. The van der Waals surface area contributed by atoms with Crippen LogP contribution in [0.25, 0.3) is 16.6 Å². The summed E-state index contributed by atoms with van der Waals surface area (Å²) in [6, 6.07) is 13.2. The van der Waals surface area contributed by atoms with Crippen molar-refractivity contribution in [3.05, 3.63) is 86.4 Å². The average molecular weight is 435 g/mol. The maximum absolute atomic E-state index is 14.3. The Hall–Kier alpha value is -3.72. The topological polar surface area (TPSA) is 85.2 Å². The smallest absolute Gasteiger partial charge is 0.274 e. The quantitative estimate of drug-likeness (QED) is 0.531. The van der Waals surface area contributed by atoms with Gasteiger partial charge in [-0.25, -0.2) is 14.1 Å². The predicted octanol–water partition coefficient (Wildman–Crippen LogP) is 2.21. The van der Waals surface area contributed by atoms with E-state index in [4.69, 9.17) is 9.72 Å². The largest absolute Gasteiger partial charge is 0.378 e. The number of aromatic nitrogens is 4. The molecule has 3 aromatic heterocycles. The second-order valence-corrected chi connectivity index (χ2v) is 7.73. The number of anilines is 1. The SMILES string of the molecule is Cc1c2c(=O)[nH]n(-c3ccccc3F)c2cc(=O)n1Cc1cccc(N2CCOCC2)n1.